The van der Waals surface area contributed by atoms with Crippen LogP contribution >= 0.6 is 11.3 Å². The monoisotopic (exact) mass is 267 g/mol. The van der Waals surface area contributed by atoms with E-state index in [0.717, 1.165) is 13.0 Å². The van der Waals surface area contributed by atoms with Gasteiger partial charge in [0.15, 0.2) is 0 Å². The highest BCUT2D eigenvalue weighted by Gasteiger charge is 2.32. The highest BCUT2D eigenvalue weighted by Crippen LogP contribution is 2.35. The predicted molar refractivity (Wildman–Crippen MR) is 74.1 cm³/mol. The summed E-state index contributed by atoms with van der Waals surface area (Å²) in [6, 6.07) is 2.77. The summed E-state index contributed by atoms with van der Waals surface area (Å²) in [5.41, 5.74) is 3.67. The first-order valence-corrected chi connectivity index (χ1v) is 7.26. The minimum atomic E-state index is -0.0994. The van der Waals surface area contributed by atoms with Crippen LogP contribution in [0.1, 0.15) is 37.3 Å². The molecule has 100 valence electrons. The van der Waals surface area contributed by atoms with Crippen LogP contribution in [-0.4, -0.2) is 23.4 Å². The van der Waals surface area contributed by atoms with Crippen LogP contribution in [0.2, 0.25) is 0 Å². The van der Waals surface area contributed by atoms with E-state index in [2.05, 4.69) is 35.6 Å². The van der Waals surface area contributed by atoms with Gasteiger partial charge < -0.3 is 0 Å². The highest BCUT2D eigenvalue weighted by molar-refractivity contribution is 7.10. The summed E-state index contributed by atoms with van der Waals surface area (Å²) in [5.74, 6) is 5.03. The summed E-state index contributed by atoms with van der Waals surface area (Å²) in [7, 11) is 0. The van der Waals surface area contributed by atoms with Crippen LogP contribution < -0.4 is 11.3 Å². The van der Waals surface area contributed by atoms with Gasteiger partial charge in [0, 0.05) is 23.5 Å². The largest absolute Gasteiger partial charge is 0.294 e. The highest BCUT2D eigenvalue weighted by atomic mass is 32.1. The fraction of sp³-hybridized carbons (Fsp3) is 0.615. The Morgan fingerprint density at radius 1 is 1.61 bits per heavy atom. The van der Waals surface area contributed by atoms with Crippen molar-refractivity contribution in [1.82, 2.24) is 10.3 Å². The van der Waals surface area contributed by atoms with E-state index in [4.69, 9.17) is 5.84 Å². The number of rotatable bonds is 3. The Balaban J connectivity index is 2.13. The zero-order valence-electron chi connectivity index (χ0n) is 11.1. The van der Waals surface area contributed by atoms with Crippen molar-refractivity contribution in [3.63, 3.8) is 0 Å². The number of thiophene rings is 1. The molecule has 2 heterocycles. The van der Waals surface area contributed by atoms with Crippen LogP contribution in [0.15, 0.2) is 11.4 Å². The van der Waals surface area contributed by atoms with Crippen molar-refractivity contribution < 1.29 is 4.79 Å². The number of amides is 1. The van der Waals surface area contributed by atoms with Crippen LogP contribution in [0.5, 0.6) is 0 Å². The maximum Gasteiger partial charge on any atom is 0.238 e. The molecule has 1 aromatic rings. The molecule has 1 aliphatic heterocycles. The molecule has 0 aromatic carbocycles. The molecule has 4 nitrogen and oxygen atoms in total. The van der Waals surface area contributed by atoms with E-state index in [-0.39, 0.29) is 17.9 Å². The Bertz CT molecular complexity index is 432. The summed E-state index contributed by atoms with van der Waals surface area (Å²) in [4.78, 5) is 15.5. The zero-order chi connectivity index (χ0) is 13.3. The molecule has 3 atom stereocenters. The molecule has 0 saturated carbocycles. The number of nitrogens with two attached hydrogens (primary N) is 1. The topological polar surface area (TPSA) is 58.4 Å². The lowest BCUT2D eigenvalue weighted by molar-refractivity contribution is -0.126. The molecule has 0 bridgehead atoms. The Kier molecular flexibility index (Phi) is 4.04. The Morgan fingerprint density at radius 3 is 3.00 bits per heavy atom. The van der Waals surface area contributed by atoms with E-state index in [1.807, 2.05) is 18.3 Å². The van der Waals surface area contributed by atoms with Crippen molar-refractivity contribution in [2.75, 3.05) is 6.54 Å². The number of hydrogen-bond donors (Lipinski definition) is 2. The molecule has 0 radical (unpaired) electrons. The maximum atomic E-state index is 11.6. The van der Waals surface area contributed by atoms with E-state index in [1.165, 1.54) is 10.4 Å². The smallest absolute Gasteiger partial charge is 0.238 e. The summed E-state index contributed by atoms with van der Waals surface area (Å²) < 4.78 is 0. The van der Waals surface area contributed by atoms with Gasteiger partial charge in [-0.1, -0.05) is 6.92 Å². The molecule has 1 amide bonds. The summed E-state index contributed by atoms with van der Waals surface area (Å²) in [6.45, 7) is 7.27. The first-order chi connectivity index (χ1) is 8.56. The normalized spacial score (nSPS) is 23.2. The lowest BCUT2D eigenvalue weighted by Crippen LogP contribution is -2.48. The average molecular weight is 267 g/mol. The standard InChI is InChI=1S/C13H21N3OS/c1-8(13(17)15-14)9(2)16-6-4-12-11(10(16)3)5-7-18-12/h5,7-10H,4,6,14H2,1-3H3,(H,15,17). The minimum absolute atomic E-state index is 0.0918. The lowest BCUT2D eigenvalue weighted by Gasteiger charge is -2.40. The van der Waals surface area contributed by atoms with Gasteiger partial charge in [-0.2, -0.15) is 0 Å². The van der Waals surface area contributed by atoms with Gasteiger partial charge in [-0.25, -0.2) is 5.84 Å². The van der Waals surface area contributed by atoms with E-state index in [9.17, 15) is 4.79 Å². The third kappa shape index (κ3) is 2.30. The second-order valence-electron chi connectivity index (χ2n) is 5.00. The number of hydrazine groups is 1. The lowest BCUT2D eigenvalue weighted by atomic mass is 9.94. The Labute approximate surface area is 112 Å². The van der Waals surface area contributed by atoms with Gasteiger partial charge in [0.25, 0.3) is 0 Å². The second-order valence-corrected chi connectivity index (χ2v) is 6.00. The van der Waals surface area contributed by atoms with Crippen LogP contribution in [0.25, 0.3) is 0 Å². The fourth-order valence-corrected chi connectivity index (χ4v) is 3.69. The van der Waals surface area contributed by atoms with Gasteiger partial charge in [0.2, 0.25) is 5.91 Å². The number of nitrogens with one attached hydrogen (secondary N) is 1. The van der Waals surface area contributed by atoms with E-state index in [0.29, 0.717) is 6.04 Å². The molecule has 0 aliphatic carbocycles. The minimum Gasteiger partial charge on any atom is -0.294 e. The van der Waals surface area contributed by atoms with E-state index in [1.54, 1.807) is 0 Å². The van der Waals surface area contributed by atoms with Crippen LogP contribution in [0.4, 0.5) is 0 Å². The molecule has 0 saturated heterocycles. The van der Waals surface area contributed by atoms with Crippen molar-refractivity contribution in [3.05, 3.63) is 21.9 Å². The van der Waals surface area contributed by atoms with Crippen LogP contribution in [0.3, 0.4) is 0 Å². The Hall–Kier alpha value is -0.910. The van der Waals surface area contributed by atoms with Gasteiger partial charge in [-0.3, -0.25) is 15.1 Å². The molecular formula is C13H21N3OS. The van der Waals surface area contributed by atoms with Gasteiger partial charge in [-0.05, 0) is 37.3 Å². The molecule has 2 rings (SSSR count). The third-order valence-corrected chi connectivity index (χ3v) is 5.12. The molecule has 0 spiro atoms. The van der Waals surface area contributed by atoms with Gasteiger partial charge in [-0.15, -0.1) is 11.3 Å². The zero-order valence-corrected chi connectivity index (χ0v) is 12.0. The average Bonchev–Trinajstić information content (AvgIpc) is 2.86. The molecule has 3 N–H and O–H groups in total. The number of carbonyl (C=O) groups excluding carboxylic acids is 1. The molecule has 5 heteroatoms. The van der Waals surface area contributed by atoms with Crippen molar-refractivity contribution in [2.24, 2.45) is 11.8 Å². The van der Waals surface area contributed by atoms with E-state index < -0.39 is 0 Å². The molecular weight excluding hydrogens is 246 g/mol. The van der Waals surface area contributed by atoms with Crippen molar-refractivity contribution in [2.45, 2.75) is 39.3 Å². The van der Waals surface area contributed by atoms with E-state index >= 15 is 0 Å². The number of nitrogens with zero attached hydrogens (tertiary/aromatic N) is 1. The van der Waals surface area contributed by atoms with Gasteiger partial charge >= 0.3 is 0 Å². The SMILES string of the molecule is CC(C(=O)NN)C(C)N1CCc2sccc2C1C. The maximum absolute atomic E-state index is 11.6. The molecule has 18 heavy (non-hydrogen) atoms. The molecule has 3 unspecified atom stereocenters. The quantitative estimate of drug-likeness (QED) is 0.498. The predicted octanol–water partition coefficient (Wildman–Crippen LogP) is 1.68. The first-order valence-electron chi connectivity index (χ1n) is 6.38. The number of fused-ring (bicyclic) bond motifs is 1. The molecule has 1 aromatic heterocycles. The van der Waals surface area contributed by atoms with Crippen molar-refractivity contribution in [1.29, 1.82) is 0 Å². The fourth-order valence-electron chi connectivity index (χ4n) is 2.72. The van der Waals surface area contributed by atoms with Gasteiger partial charge in [0.1, 0.15) is 0 Å². The van der Waals surface area contributed by atoms with Crippen LogP contribution in [-0.2, 0) is 11.2 Å². The van der Waals surface area contributed by atoms with Crippen molar-refractivity contribution in [3.8, 4) is 0 Å². The number of carbonyl (C=O) groups is 1. The van der Waals surface area contributed by atoms with Gasteiger partial charge in [0.05, 0.1) is 5.92 Å². The van der Waals surface area contributed by atoms with Crippen molar-refractivity contribution >= 4 is 17.2 Å². The van der Waals surface area contributed by atoms with Crippen LogP contribution in [0, 0.1) is 5.92 Å². The summed E-state index contributed by atoms with van der Waals surface area (Å²) in [6.07, 6.45) is 1.08. The first kappa shape index (κ1) is 13.5. The third-order valence-electron chi connectivity index (χ3n) is 4.13. The molecule has 1 aliphatic rings. The Morgan fingerprint density at radius 2 is 2.33 bits per heavy atom. The second kappa shape index (κ2) is 5.38. The summed E-state index contributed by atoms with van der Waals surface area (Å²) in [5, 5.41) is 2.16. The summed E-state index contributed by atoms with van der Waals surface area (Å²) >= 11 is 1.84. The molecule has 0 fully saturated rings. The number of hydrogen-bond acceptors (Lipinski definition) is 4.